The van der Waals surface area contributed by atoms with Crippen molar-refractivity contribution >= 4 is 44.1 Å². The summed E-state index contributed by atoms with van der Waals surface area (Å²) in [4.78, 5) is 13.6. The number of piperazine rings is 1. The molecule has 0 aliphatic carbocycles. The van der Waals surface area contributed by atoms with E-state index in [1.165, 1.54) is 29.8 Å². The maximum absolute atomic E-state index is 13.5. The molecule has 34 heavy (non-hydrogen) atoms. The topological polar surface area (TPSA) is 96.0 Å². The first-order chi connectivity index (χ1) is 16.5. The normalized spacial score (nSPS) is 18.9. The molecular weight excluding hydrogens is 454 g/mol. The third-order valence-electron chi connectivity index (χ3n) is 6.82. The maximum Gasteiger partial charge on any atom is 0.290 e. The van der Waals surface area contributed by atoms with Crippen LogP contribution < -0.4 is 4.90 Å². The number of carbonyl (C=O) groups is 1. The molecule has 2 aliphatic heterocycles. The summed E-state index contributed by atoms with van der Waals surface area (Å²) in [6.07, 6.45) is 7.08. The number of furan rings is 1. The minimum Gasteiger partial charge on any atom is -0.483 e. The van der Waals surface area contributed by atoms with Crippen LogP contribution in [0.25, 0.3) is 21.9 Å². The minimum absolute atomic E-state index is 0.250. The molecule has 2 aromatic heterocycles. The van der Waals surface area contributed by atoms with Gasteiger partial charge in [0.2, 0.25) is 0 Å². The van der Waals surface area contributed by atoms with E-state index in [9.17, 15) is 8.42 Å². The molecule has 6 rings (SSSR count). The number of anilines is 1. The average Bonchev–Trinajstić information content (AvgIpc) is 3.50. The molecule has 178 valence electrons. The van der Waals surface area contributed by atoms with Gasteiger partial charge in [-0.25, -0.2) is 12.4 Å². The van der Waals surface area contributed by atoms with Crippen molar-refractivity contribution in [2.75, 3.05) is 31.1 Å². The Morgan fingerprint density at radius 2 is 1.82 bits per heavy atom. The van der Waals surface area contributed by atoms with Gasteiger partial charge in [-0.1, -0.05) is 12.5 Å². The van der Waals surface area contributed by atoms with E-state index >= 15 is 0 Å². The number of fused-ring (bicyclic) bond motifs is 3. The van der Waals surface area contributed by atoms with Crippen molar-refractivity contribution in [1.29, 1.82) is 0 Å². The van der Waals surface area contributed by atoms with Crippen LogP contribution in [0.5, 0.6) is 0 Å². The lowest BCUT2D eigenvalue weighted by Gasteiger charge is -2.45. The molecule has 4 aromatic rings. The molecule has 8 nitrogen and oxygen atoms in total. The fourth-order valence-electron chi connectivity index (χ4n) is 5.11. The third-order valence-corrected chi connectivity index (χ3v) is 8.51. The average molecular weight is 482 g/mol. The number of benzene rings is 2. The summed E-state index contributed by atoms with van der Waals surface area (Å²) in [6.45, 7) is 4.02. The lowest BCUT2D eigenvalue weighted by atomic mass is 9.99. The van der Waals surface area contributed by atoms with E-state index in [0.717, 1.165) is 41.6 Å². The Morgan fingerprint density at radius 1 is 0.971 bits per heavy atom. The van der Waals surface area contributed by atoms with E-state index in [4.69, 9.17) is 14.3 Å². The van der Waals surface area contributed by atoms with Gasteiger partial charge in [-0.2, -0.15) is 0 Å². The van der Waals surface area contributed by atoms with Gasteiger partial charge in [0.1, 0.15) is 5.58 Å². The fraction of sp³-hybridized carbons (Fsp3) is 0.320. The quantitative estimate of drug-likeness (QED) is 0.442. The zero-order valence-corrected chi connectivity index (χ0v) is 19.5. The van der Waals surface area contributed by atoms with Crippen LogP contribution in [-0.4, -0.2) is 61.1 Å². The molecule has 0 spiro atoms. The third kappa shape index (κ3) is 4.05. The van der Waals surface area contributed by atoms with E-state index in [1.54, 1.807) is 36.7 Å². The van der Waals surface area contributed by atoms with Crippen molar-refractivity contribution in [3.8, 4) is 0 Å². The van der Waals surface area contributed by atoms with Crippen LogP contribution in [0.15, 0.2) is 70.3 Å². The summed E-state index contributed by atoms with van der Waals surface area (Å²) in [5.74, 6) is 0. The summed E-state index contributed by atoms with van der Waals surface area (Å²) in [6, 6.07) is 15.4. The monoisotopic (exact) mass is 481 g/mol. The Morgan fingerprint density at radius 3 is 2.68 bits per heavy atom. The molecule has 2 fully saturated rings. The van der Waals surface area contributed by atoms with Crippen LogP contribution >= 0.6 is 0 Å². The molecule has 9 heteroatoms. The summed E-state index contributed by atoms with van der Waals surface area (Å²) in [5, 5.41) is 8.59. The first-order valence-electron chi connectivity index (χ1n) is 11.4. The molecule has 2 saturated heterocycles. The molecule has 1 atom stereocenters. The standard InChI is InChI=1S/C24H25N3O3S.CH2O2/c28-31(29,22-6-7-24-19(15-22)9-14-30-24)27-11-8-18-4-5-20(16-23(18)27)26-13-12-25-10-2-1-3-21(25)17-26;2-1-3/h4-9,11,14-16,21H,1-3,10,12-13,17H2;1H,(H,2,3). The molecule has 0 saturated carbocycles. The second kappa shape index (κ2) is 9.15. The summed E-state index contributed by atoms with van der Waals surface area (Å²) >= 11 is 0. The second-order valence-corrected chi connectivity index (χ2v) is 10.5. The molecule has 2 aliphatic rings. The van der Waals surface area contributed by atoms with Gasteiger partial charge in [0.05, 0.1) is 16.7 Å². The highest BCUT2D eigenvalue weighted by molar-refractivity contribution is 7.90. The Hall–Kier alpha value is -3.30. The van der Waals surface area contributed by atoms with Gasteiger partial charge >= 0.3 is 0 Å². The molecule has 0 amide bonds. The van der Waals surface area contributed by atoms with E-state index in [1.807, 2.05) is 18.2 Å². The van der Waals surface area contributed by atoms with Crippen LogP contribution in [-0.2, 0) is 14.8 Å². The van der Waals surface area contributed by atoms with Crippen LogP contribution in [0.4, 0.5) is 5.69 Å². The lowest BCUT2D eigenvalue weighted by molar-refractivity contribution is -0.122. The number of rotatable bonds is 3. The minimum atomic E-state index is -3.71. The number of hydrogen-bond acceptors (Lipinski definition) is 6. The Bertz CT molecular complexity index is 1420. The molecule has 0 bridgehead atoms. The van der Waals surface area contributed by atoms with E-state index in [0.29, 0.717) is 11.6 Å². The zero-order valence-electron chi connectivity index (χ0n) is 18.7. The van der Waals surface area contributed by atoms with E-state index in [2.05, 4.69) is 15.9 Å². The summed E-state index contributed by atoms with van der Waals surface area (Å²) in [5.41, 5.74) is 2.49. The zero-order chi connectivity index (χ0) is 23.7. The van der Waals surface area contributed by atoms with Gasteiger partial charge in [-0.15, -0.1) is 0 Å². The van der Waals surface area contributed by atoms with E-state index < -0.39 is 10.0 Å². The molecular formula is C25H27N3O5S. The first-order valence-corrected chi connectivity index (χ1v) is 12.9. The molecule has 1 unspecified atom stereocenters. The van der Waals surface area contributed by atoms with Crippen molar-refractivity contribution in [3.05, 3.63) is 61.0 Å². The van der Waals surface area contributed by atoms with Gasteiger partial charge in [-0.05, 0) is 61.9 Å². The highest BCUT2D eigenvalue weighted by Gasteiger charge is 2.29. The SMILES string of the molecule is O=CO.O=S(=O)(c1ccc2occc2c1)n1ccc2ccc(N3CCN4CCCCC4C3)cc21. The number of carboxylic acid groups (broad SMARTS) is 1. The number of nitrogens with zero attached hydrogens (tertiary/aromatic N) is 3. The number of hydrogen-bond donors (Lipinski definition) is 1. The van der Waals surface area contributed by atoms with Gasteiger partial charge in [0.15, 0.2) is 0 Å². The van der Waals surface area contributed by atoms with Crippen LogP contribution in [0, 0.1) is 0 Å². The summed E-state index contributed by atoms with van der Waals surface area (Å²) in [7, 11) is -3.71. The maximum atomic E-state index is 13.5. The van der Waals surface area contributed by atoms with Crippen molar-refractivity contribution < 1.29 is 22.7 Å². The predicted molar refractivity (Wildman–Crippen MR) is 131 cm³/mol. The first kappa shape index (κ1) is 22.5. The molecule has 1 N–H and O–H groups in total. The van der Waals surface area contributed by atoms with Crippen molar-refractivity contribution in [1.82, 2.24) is 8.87 Å². The second-order valence-electron chi connectivity index (χ2n) is 8.72. The van der Waals surface area contributed by atoms with Crippen molar-refractivity contribution in [2.24, 2.45) is 0 Å². The summed E-state index contributed by atoms with van der Waals surface area (Å²) < 4.78 is 33.7. The van der Waals surface area contributed by atoms with Crippen LogP contribution in [0.3, 0.4) is 0 Å². The number of aromatic nitrogens is 1. The van der Waals surface area contributed by atoms with Crippen molar-refractivity contribution in [3.63, 3.8) is 0 Å². The van der Waals surface area contributed by atoms with Gasteiger partial charge in [0.25, 0.3) is 16.5 Å². The van der Waals surface area contributed by atoms with Gasteiger partial charge < -0.3 is 14.4 Å². The highest BCUT2D eigenvalue weighted by atomic mass is 32.2. The highest BCUT2D eigenvalue weighted by Crippen LogP contribution is 2.30. The predicted octanol–water partition coefficient (Wildman–Crippen LogP) is 4.00. The number of piperidine rings is 1. The van der Waals surface area contributed by atoms with Crippen LogP contribution in [0.1, 0.15) is 19.3 Å². The molecule has 2 aromatic carbocycles. The van der Waals surface area contributed by atoms with E-state index in [-0.39, 0.29) is 11.4 Å². The van der Waals surface area contributed by atoms with Gasteiger partial charge in [-0.3, -0.25) is 9.69 Å². The van der Waals surface area contributed by atoms with Crippen molar-refractivity contribution in [2.45, 2.75) is 30.2 Å². The Kier molecular flexibility index (Phi) is 6.05. The van der Waals surface area contributed by atoms with Crippen LogP contribution in [0.2, 0.25) is 0 Å². The Labute approximate surface area is 198 Å². The lowest BCUT2D eigenvalue weighted by Crippen LogP contribution is -2.54. The molecule has 4 heterocycles. The Balaban J connectivity index is 0.000000764. The molecule has 0 radical (unpaired) electrons. The van der Waals surface area contributed by atoms with Gasteiger partial charge in [0, 0.05) is 48.3 Å². The smallest absolute Gasteiger partial charge is 0.290 e. The largest absolute Gasteiger partial charge is 0.483 e. The fourth-order valence-corrected chi connectivity index (χ4v) is 6.49.